The number of anilines is 1. The minimum Gasteiger partial charge on any atom is -0.378 e. The van der Waals surface area contributed by atoms with Crippen molar-refractivity contribution < 1.29 is 9.13 Å². The number of halogens is 2. The number of ether oxygens (including phenoxy) is 1. The van der Waals surface area contributed by atoms with Gasteiger partial charge in [0.25, 0.3) is 0 Å². The Morgan fingerprint density at radius 1 is 1.56 bits per heavy atom. The first-order chi connectivity index (χ1) is 12.0. The average Bonchev–Trinajstić information content (AvgIpc) is 3.36. The highest BCUT2D eigenvalue weighted by Crippen LogP contribution is 2.53. The predicted octanol–water partition coefficient (Wildman–Crippen LogP) is 3.41. The highest BCUT2D eigenvalue weighted by Gasteiger charge is 2.47. The Hall–Kier alpha value is -1.91. The van der Waals surface area contributed by atoms with E-state index in [0.717, 1.165) is 38.0 Å². The smallest absolute Gasteiger partial charge is 0.238 e. The molecule has 0 amide bonds. The van der Waals surface area contributed by atoms with Gasteiger partial charge in [0.1, 0.15) is 17.8 Å². The lowest BCUT2D eigenvalue weighted by molar-refractivity contribution is 0.0366. The quantitative estimate of drug-likeness (QED) is 0.880. The molecule has 0 spiro atoms. The molecule has 1 unspecified atom stereocenters. The van der Waals surface area contributed by atoms with Crippen LogP contribution in [0.5, 0.6) is 0 Å². The summed E-state index contributed by atoms with van der Waals surface area (Å²) >= 11 is 6.24. The maximum atomic E-state index is 12.1. The van der Waals surface area contributed by atoms with Gasteiger partial charge in [-0.05, 0) is 32.1 Å². The van der Waals surface area contributed by atoms with Gasteiger partial charge in [-0.2, -0.15) is 5.26 Å². The molecular formula is C17H21ClFN5O. The van der Waals surface area contributed by atoms with Crippen LogP contribution in [0.15, 0.2) is 6.20 Å². The van der Waals surface area contributed by atoms with Gasteiger partial charge in [-0.3, -0.25) is 0 Å². The summed E-state index contributed by atoms with van der Waals surface area (Å²) in [7, 11) is 0. The fourth-order valence-electron chi connectivity index (χ4n) is 3.22. The van der Waals surface area contributed by atoms with E-state index in [1.54, 1.807) is 10.7 Å². The fraction of sp³-hybridized carbons (Fsp3) is 0.588. The summed E-state index contributed by atoms with van der Waals surface area (Å²) in [5.74, 6) is 0.187. The summed E-state index contributed by atoms with van der Waals surface area (Å²) in [6.07, 6.45) is 5.55. The Morgan fingerprint density at radius 3 is 2.80 bits per heavy atom. The van der Waals surface area contributed by atoms with Crippen molar-refractivity contribution in [3.05, 3.63) is 22.5 Å². The number of aromatic nitrogens is 3. The number of fused-ring (bicyclic) bond motifs is 1. The second kappa shape index (κ2) is 7.14. The number of nitrogens with zero attached hydrogens (tertiary/aromatic N) is 4. The lowest BCUT2D eigenvalue weighted by Crippen LogP contribution is -2.17. The number of rotatable bonds is 2. The second-order valence-corrected chi connectivity index (χ2v) is 6.89. The van der Waals surface area contributed by atoms with Gasteiger partial charge in [0.15, 0.2) is 0 Å². The van der Waals surface area contributed by atoms with Crippen molar-refractivity contribution in [3.63, 3.8) is 0 Å². The number of hydrogen-bond acceptors (Lipinski definition) is 5. The molecule has 25 heavy (non-hydrogen) atoms. The summed E-state index contributed by atoms with van der Waals surface area (Å²) in [6, 6.07) is 2.19. The van der Waals surface area contributed by atoms with Crippen molar-refractivity contribution in [2.75, 3.05) is 18.9 Å². The molecule has 1 atom stereocenters. The molecule has 2 fully saturated rings. The zero-order chi connectivity index (χ0) is 18.0. The van der Waals surface area contributed by atoms with Crippen LogP contribution in [-0.2, 0) is 10.2 Å². The summed E-state index contributed by atoms with van der Waals surface area (Å²) in [6.45, 7) is 3.19. The Labute approximate surface area is 150 Å². The number of nitriles is 1. The summed E-state index contributed by atoms with van der Waals surface area (Å²) in [5, 5.41) is 14.0. The maximum absolute atomic E-state index is 12.1. The largest absolute Gasteiger partial charge is 0.378 e. The molecule has 4 rings (SSSR count). The van der Waals surface area contributed by atoms with E-state index in [4.69, 9.17) is 22.1 Å². The van der Waals surface area contributed by atoms with Crippen molar-refractivity contribution >= 4 is 23.1 Å². The Balaban J connectivity index is 0.000000219. The van der Waals surface area contributed by atoms with Gasteiger partial charge in [-0.15, -0.1) is 5.10 Å². The summed E-state index contributed by atoms with van der Waals surface area (Å²) in [4.78, 5) is 3.94. The normalized spacial score (nSPS) is 21.3. The molecule has 0 bridgehead atoms. The third-order valence-electron chi connectivity index (χ3n) is 4.89. The first-order valence-corrected chi connectivity index (χ1v) is 8.85. The van der Waals surface area contributed by atoms with Crippen molar-refractivity contribution in [3.8, 4) is 6.07 Å². The number of hydrogen-bond donors (Lipinski definition) is 1. The minimum absolute atomic E-state index is 0.0297. The Bertz CT molecular complexity index is 805. The molecule has 0 radical (unpaired) electrons. The van der Waals surface area contributed by atoms with E-state index < -0.39 is 6.17 Å². The van der Waals surface area contributed by atoms with Crippen LogP contribution in [0.25, 0.3) is 5.52 Å². The Kier molecular flexibility index (Phi) is 5.11. The molecular weight excluding hydrogens is 345 g/mol. The van der Waals surface area contributed by atoms with Gasteiger partial charge in [-0.1, -0.05) is 18.5 Å². The molecule has 0 aromatic carbocycles. The van der Waals surface area contributed by atoms with Gasteiger partial charge in [0.05, 0.1) is 29.1 Å². The first-order valence-electron chi connectivity index (χ1n) is 8.47. The van der Waals surface area contributed by atoms with Crippen molar-refractivity contribution in [1.82, 2.24) is 14.6 Å². The zero-order valence-corrected chi connectivity index (χ0v) is 14.9. The summed E-state index contributed by atoms with van der Waals surface area (Å²) < 4.78 is 18.6. The van der Waals surface area contributed by atoms with Crippen LogP contribution >= 0.6 is 11.6 Å². The lowest BCUT2D eigenvalue weighted by atomic mass is 9.96. The molecule has 134 valence electrons. The van der Waals surface area contributed by atoms with Crippen LogP contribution in [0.2, 0.25) is 5.02 Å². The number of nitrogens with two attached hydrogens (primary N) is 1. The molecule has 8 heteroatoms. The van der Waals surface area contributed by atoms with Gasteiger partial charge in [0, 0.05) is 12.0 Å². The van der Waals surface area contributed by atoms with Crippen LogP contribution in [-0.4, -0.2) is 34.0 Å². The van der Waals surface area contributed by atoms with E-state index in [9.17, 15) is 9.65 Å². The van der Waals surface area contributed by atoms with E-state index in [0.29, 0.717) is 29.1 Å². The third-order valence-corrected chi connectivity index (χ3v) is 5.27. The van der Waals surface area contributed by atoms with Crippen molar-refractivity contribution in [2.45, 2.75) is 50.6 Å². The standard InChI is InChI=1S/C12H12ClN5.C5H9FO/c1-2-12(3-4-12)10-7(5-14)9(13)8-6-16-11(15)17-18(8)10;6-5-2-1-3-7-4-5/h6H,2-4H2,1H3,(H2,15,17);5H,1-4H2. The molecule has 1 saturated carbocycles. The highest BCUT2D eigenvalue weighted by atomic mass is 35.5. The highest BCUT2D eigenvalue weighted by molar-refractivity contribution is 6.35. The van der Waals surface area contributed by atoms with Crippen LogP contribution in [0.1, 0.15) is 50.3 Å². The molecule has 2 aliphatic rings. The van der Waals surface area contributed by atoms with Crippen molar-refractivity contribution in [2.24, 2.45) is 0 Å². The van der Waals surface area contributed by atoms with Crippen LogP contribution < -0.4 is 5.73 Å². The fourth-order valence-corrected chi connectivity index (χ4v) is 3.48. The van der Waals surface area contributed by atoms with Crippen LogP contribution in [0.3, 0.4) is 0 Å². The van der Waals surface area contributed by atoms with E-state index in [1.165, 1.54) is 0 Å². The molecule has 1 aliphatic carbocycles. The van der Waals surface area contributed by atoms with Gasteiger partial charge in [-0.25, -0.2) is 13.9 Å². The SMILES string of the molecule is CCC1(c2c(C#N)c(Cl)c3cnc(N)nn23)CC1.FC1CCCOC1. The lowest BCUT2D eigenvalue weighted by Gasteiger charge is -2.13. The van der Waals surface area contributed by atoms with E-state index >= 15 is 0 Å². The van der Waals surface area contributed by atoms with E-state index in [-0.39, 0.29) is 11.4 Å². The van der Waals surface area contributed by atoms with E-state index in [1.807, 2.05) is 0 Å². The minimum atomic E-state index is -0.686. The molecule has 3 heterocycles. The molecule has 2 N–H and O–H groups in total. The van der Waals surface area contributed by atoms with Gasteiger partial charge >= 0.3 is 0 Å². The zero-order valence-electron chi connectivity index (χ0n) is 14.1. The number of nitrogen functional groups attached to an aromatic ring is 1. The summed E-state index contributed by atoms with van der Waals surface area (Å²) in [5.41, 5.74) is 7.71. The molecule has 1 saturated heterocycles. The monoisotopic (exact) mass is 365 g/mol. The molecule has 2 aromatic heterocycles. The van der Waals surface area contributed by atoms with Gasteiger partial charge in [0.2, 0.25) is 5.95 Å². The van der Waals surface area contributed by atoms with Crippen LogP contribution in [0, 0.1) is 11.3 Å². The predicted molar refractivity (Wildman–Crippen MR) is 93.3 cm³/mol. The van der Waals surface area contributed by atoms with E-state index in [2.05, 4.69) is 23.1 Å². The Morgan fingerprint density at radius 2 is 2.32 bits per heavy atom. The molecule has 1 aliphatic heterocycles. The third kappa shape index (κ3) is 3.42. The second-order valence-electron chi connectivity index (χ2n) is 6.51. The number of alkyl halides is 1. The topological polar surface area (TPSA) is 89.2 Å². The first kappa shape index (κ1) is 17.9. The molecule has 6 nitrogen and oxygen atoms in total. The van der Waals surface area contributed by atoms with Crippen LogP contribution in [0.4, 0.5) is 10.3 Å². The maximum Gasteiger partial charge on any atom is 0.238 e. The van der Waals surface area contributed by atoms with Gasteiger partial charge < -0.3 is 10.5 Å². The average molecular weight is 366 g/mol. The van der Waals surface area contributed by atoms with Crippen molar-refractivity contribution in [1.29, 1.82) is 5.26 Å². The molecule has 2 aromatic rings.